The summed E-state index contributed by atoms with van der Waals surface area (Å²) < 4.78 is 6.53. The molecule has 0 fully saturated rings. The average molecular weight is 866 g/mol. The lowest BCUT2D eigenvalue weighted by Gasteiger charge is -2.30. The van der Waals surface area contributed by atoms with Crippen molar-refractivity contribution >= 4 is 21.9 Å². The van der Waals surface area contributed by atoms with Crippen LogP contribution in [-0.2, 0) is 5.41 Å². The molecule has 0 bridgehead atoms. The van der Waals surface area contributed by atoms with Crippen LogP contribution in [0.5, 0.6) is 0 Å². The highest BCUT2D eigenvalue weighted by molar-refractivity contribution is 6.07. The van der Waals surface area contributed by atoms with Crippen molar-refractivity contribution < 1.29 is 4.42 Å². The fraction of sp³-hybridized carbons (Fsp3) is 0.0156. The van der Waals surface area contributed by atoms with Crippen LogP contribution in [0.3, 0.4) is 0 Å². The van der Waals surface area contributed by atoms with E-state index < -0.39 is 0 Å². The number of hydrogen-bond donors (Lipinski definition) is 0. The van der Waals surface area contributed by atoms with E-state index in [4.69, 9.17) is 19.4 Å². The number of benzene rings is 10. The second kappa shape index (κ2) is 15.0. The zero-order valence-corrected chi connectivity index (χ0v) is 36.8. The van der Waals surface area contributed by atoms with Gasteiger partial charge in [-0.2, -0.15) is 0 Å². The van der Waals surface area contributed by atoms with Crippen LogP contribution in [-0.4, -0.2) is 15.0 Å². The van der Waals surface area contributed by atoms with Crippen LogP contribution in [0.1, 0.15) is 22.3 Å². The predicted molar refractivity (Wildman–Crippen MR) is 276 cm³/mol. The van der Waals surface area contributed by atoms with E-state index in [0.29, 0.717) is 17.5 Å². The highest BCUT2D eigenvalue weighted by Gasteiger charge is 2.51. The summed E-state index contributed by atoms with van der Waals surface area (Å²) in [6.07, 6.45) is 0. The third-order valence-corrected chi connectivity index (χ3v) is 14.2. The summed E-state index contributed by atoms with van der Waals surface area (Å²) in [7, 11) is 0. The molecule has 0 amide bonds. The molecule has 0 atom stereocenters. The van der Waals surface area contributed by atoms with Crippen molar-refractivity contribution in [2.45, 2.75) is 5.41 Å². The van der Waals surface area contributed by atoms with Gasteiger partial charge < -0.3 is 4.42 Å². The third-order valence-electron chi connectivity index (χ3n) is 14.2. The van der Waals surface area contributed by atoms with Crippen molar-refractivity contribution in [2.24, 2.45) is 0 Å². The number of rotatable bonds is 6. The molecule has 0 radical (unpaired) electrons. The Morgan fingerprint density at radius 2 is 0.618 bits per heavy atom. The van der Waals surface area contributed by atoms with Crippen LogP contribution in [0.15, 0.2) is 241 Å². The molecule has 14 rings (SSSR count). The molecule has 2 aliphatic rings. The van der Waals surface area contributed by atoms with E-state index in [1.807, 2.05) is 36.4 Å². The first kappa shape index (κ1) is 38.3. The number of furan rings is 1. The van der Waals surface area contributed by atoms with Crippen LogP contribution in [0.2, 0.25) is 0 Å². The summed E-state index contributed by atoms with van der Waals surface area (Å²) in [4.78, 5) is 15.3. The fourth-order valence-electron chi connectivity index (χ4n) is 11.1. The Morgan fingerprint density at radius 1 is 0.250 bits per heavy atom. The van der Waals surface area contributed by atoms with Gasteiger partial charge >= 0.3 is 0 Å². The molecule has 10 aromatic carbocycles. The number of fused-ring (bicyclic) bond motifs is 13. The van der Waals surface area contributed by atoms with E-state index >= 15 is 0 Å². The second-order valence-corrected chi connectivity index (χ2v) is 17.9. The van der Waals surface area contributed by atoms with Crippen molar-refractivity contribution in [3.63, 3.8) is 0 Å². The predicted octanol–water partition coefficient (Wildman–Crippen LogP) is 16.1. The van der Waals surface area contributed by atoms with E-state index in [1.54, 1.807) is 0 Å². The van der Waals surface area contributed by atoms with E-state index in [-0.39, 0.29) is 5.41 Å². The van der Waals surface area contributed by atoms with Crippen molar-refractivity contribution in [1.82, 2.24) is 15.0 Å². The molecule has 0 N–H and O–H groups in total. The summed E-state index contributed by atoms with van der Waals surface area (Å²) in [6.45, 7) is 0. The summed E-state index contributed by atoms with van der Waals surface area (Å²) in [5.41, 5.74) is 21.4. The van der Waals surface area contributed by atoms with Crippen LogP contribution in [0, 0.1) is 0 Å². The van der Waals surface area contributed by atoms with Gasteiger partial charge in [0.05, 0.1) is 5.41 Å². The molecule has 0 aliphatic heterocycles. The lowest BCUT2D eigenvalue weighted by Crippen LogP contribution is -2.25. The normalized spacial score (nSPS) is 12.8. The molecule has 4 heteroatoms. The maximum Gasteiger partial charge on any atom is 0.164 e. The molecule has 2 heterocycles. The van der Waals surface area contributed by atoms with Gasteiger partial charge in [-0.25, -0.2) is 15.0 Å². The largest absolute Gasteiger partial charge is 0.456 e. The van der Waals surface area contributed by atoms with Gasteiger partial charge in [-0.1, -0.05) is 194 Å². The Balaban J connectivity index is 0.841. The lowest BCUT2D eigenvalue weighted by molar-refractivity contribution is 0.669. The zero-order valence-electron chi connectivity index (χ0n) is 36.8. The Kier molecular flexibility index (Phi) is 8.46. The van der Waals surface area contributed by atoms with Gasteiger partial charge in [0.25, 0.3) is 0 Å². The summed E-state index contributed by atoms with van der Waals surface area (Å²) >= 11 is 0. The quantitative estimate of drug-likeness (QED) is 0.167. The monoisotopic (exact) mass is 865 g/mol. The first-order chi connectivity index (χ1) is 33.7. The SMILES string of the molecule is c1ccc(-c2ccc3c(c2)oc2cc(-c4nc(-c5ccccc5)nc(-c5cccc(-c6cccc(-c7ccc8c(c7)-c7ccccc7C87c8ccccc8-c8ccccc87)c6)c5)n4)ccc23)cc1. The van der Waals surface area contributed by atoms with Gasteiger partial charge in [-0.15, -0.1) is 0 Å². The minimum Gasteiger partial charge on any atom is -0.456 e. The molecule has 2 aliphatic carbocycles. The van der Waals surface area contributed by atoms with Crippen molar-refractivity contribution in [3.05, 3.63) is 259 Å². The molecular weight excluding hydrogens is 827 g/mol. The summed E-state index contributed by atoms with van der Waals surface area (Å²) in [5, 5.41) is 2.12. The lowest BCUT2D eigenvalue weighted by atomic mass is 9.70. The molecule has 0 unspecified atom stereocenters. The Hall–Kier alpha value is -8.99. The van der Waals surface area contributed by atoms with Crippen LogP contribution in [0.25, 0.3) is 112 Å². The standard InChI is InChI=1S/C64H39N3O/c1-3-15-40(16-4-1)46-29-32-52-53-33-30-48(39-60(53)68-59(52)38-46)63-66-61(41-17-5-2-6-18-41)65-62(67-63)47-22-14-21-44(36-47)42-19-13-20-43(35-42)45-31-34-58-54(37-45)51-25-9-12-28-57(51)64(58)55-26-10-7-23-49(55)50-24-8-11-27-56(50)64/h1-39H. The van der Waals surface area contributed by atoms with Gasteiger partial charge in [0.2, 0.25) is 0 Å². The molecule has 2 aromatic heterocycles. The van der Waals surface area contributed by atoms with Crippen molar-refractivity contribution in [1.29, 1.82) is 0 Å². The van der Waals surface area contributed by atoms with E-state index in [0.717, 1.165) is 66.4 Å². The maximum absolute atomic E-state index is 6.53. The number of nitrogens with zero attached hydrogens (tertiary/aromatic N) is 3. The van der Waals surface area contributed by atoms with E-state index in [1.165, 1.54) is 50.1 Å². The average Bonchev–Trinajstić information content (AvgIpc) is 4.04. The van der Waals surface area contributed by atoms with Crippen LogP contribution in [0.4, 0.5) is 0 Å². The van der Waals surface area contributed by atoms with Gasteiger partial charge in [0, 0.05) is 27.5 Å². The fourth-order valence-corrected chi connectivity index (χ4v) is 11.1. The Bertz CT molecular complexity index is 3940. The van der Waals surface area contributed by atoms with Crippen LogP contribution >= 0.6 is 0 Å². The topological polar surface area (TPSA) is 51.8 Å². The molecule has 68 heavy (non-hydrogen) atoms. The Labute approximate surface area is 393 Å². The van der Waals surface area contributed by atoms with Gasteiger partial charge in [-0.3, -0.25) is 0 Å². The first-order valence-electron chi connectivity index (χ1n) is 23.2. The molecule has 12 aromatic rings. The third kappa shape index (κ3) is 5.84. The smallest absolute Gasteiger partial charge is 0.164 e. The minimum absolute atomic E-state index is 0.359. The highest BCUT2D eigenvalue weighted by atomic mass is 16.3. The molecule has 0 saturated heterocycles. The highest BCUT2D eigenvalue weighted by Crippen LogP contribution is 2.63. The molecule has 4 nitrogen and oxygen atoms in total. The van der Waals surface area contributed by atoms with Crippen molar-refractivity contribution in [2.75, 3.05) is 0 Å². The minimum atomic E-state index is -0.359. The zero-order chi connectivity index (χ0) is 44.8. The molecule has 0 saturated carbocycles. The van der Waals surface area contributed by atoms with Crippen LogP contribution < -0.4 is 0 Å². The number of aromatic nitrogens is 3. The molecule has 316 valence electrons. The van der Waals surface area contributed by atoms with Gasteiger partial charge in [0.15, 0.2) is 17.5 Å². The summed E-state index contributed by atoms with van der Waals surface area (Å²) in [5.74, 6) is 1.79. The Morgan fingerprint density at radius 3 is 1.21 bits per heavy atom. The second-order valence-electron chi connectivity index (χ2n) is 17.9. The first-order valence-corrected chi connectivity index (χ1v) is 23.2. The van der Waals surface area contributed by atoms with Gasteiger partial charge in [-0.05, 0) is 120 Å². The van der Waals surface area contributed by atoms with E-state index in [9.17, 15) is 0 Å². The van der Waals surface area contributed by atoms with E-state index in [2.05, 4.69) is 200 Å². The maximum atomic E-state index is 6.53. The summed E-state index contributed by atoms with van der Waals surface area (Å²) in [6, 6.07) is 84.6. The number of hydrogen-bond acceptors (Lipinski definition) is 4. The molecule has 1 spiro atoms. The van der Waals surface area contributed by atoms with Crippen molar-refractivity contribution in [3.8, 4) is 89.8 Å². The van der Waals surface area contributed by atoms with Gasteiger partial charge in [0.1, 0.15) is 11.2 Å². The molecular formula is C64H39N3O.